The number of aliphatic carboxylic acids is 6. The lowest BCUT2D eigenvalue weighted by atomic mass is 10.0. The van der Waals surface area contributed by atoms with Crippen LogP contribution in [-0.2, 0) is 105 Å². The van der Waals surface area contributed by atoms with Crippen LogP contribution >= 0.6 is 0 Å². The van der Waals surface area contributed by atoms with Crippen molar-refractivity contribution >= 4 is 59.5 Å². The third-order valence-electron chi connectivity index (χ3n) is 20.2. The maximum Gasteiger partial charge on any atom is 0.332 e. The standard InChI is InChI=1S/C88H162N4O28/c1-4-7-10-13-16-19-22-25-28-31-34-37-40-43-78(93)72-120-88(75-118-85(106)44-41-38-35-32-29-26-23-20-17-14-11-8-5-2,76-119-86(107)45-42-39-36-33-30-27-24-21-18-15-12-9-6-3)74-116-63-61-114-59-57-112-55-53-110-51-50-109-52-54-111-56-58-113-60-62-115-73-87(108)117-71-77(92(69-83(102)103)70-84(104)105)64-90(66-80(96)97)48-46-89(65-79(94)95)47-49-91(67-81(98)99)68-82(100)101/h77H,4-76H2,1-3H3,(H,94,95)(H,96,97)(H,98,99)(H,100,101)(H,102,103)(H,104,105). The summed E-state index contributed by atoms with van der Waals surface area (Å²) in [6, 6.07) is -1.21. The molecular weight excluding hydrogens is 1560 g/mol. The highest BCUT2D eigenvalue weighted by Gasteiger charge is 2.37. The van der Waals surface area contributed by atoms with Crippen LogP contribution in [0.25, 0.3) is 0 Å². The van der Waals surface area contributed by atoms with Crippen LogP contribution < -0.4 is 0 Å². The fraction of sp³-hybridized carbons (Fsp3) is 0.886. The second kappa shape index (κ2) is 84.2. The first-order valence-electron chi connectivity index (χ1n) is 45.6. The van der Waals surface area contributed by atoms with E-state index in [0.717, 1.165) is 74.0 Å². The van der Waals surface area contributed by atoms with Crippen LogP contribution in [0.3, 0.4) is 0 Å². The zero-order chi connectivity index (χ0) is 88.3. The number of Topliss-reactive ketones (excluding diaryl/α,β-unsaturated/α-hetero) is 1. The van der Waals surface area contributed by atoms with E-state index in [0.29, 0.717) is 58.9 Å². The minimum Gasteiger partial charge on any atom is -0.480 e. The molecule has 32 nitrogen and oxygen atoms in total. The number of carbonyl (C=O) groups is 10. The van der Waals surface area contributed by atoms with Gasteiger partial charge in [-0.1, -0.05) is 252 Å². The van der Waals surface area contributed by atoms with Crippen LogP contribution in [0.4, 0.5) is 0 Å². The molecule has 0 spiro atoms. The van der Waals surface area contributed by atoms with Gasteiger partial charge in [0.1, 0.15) is 33.0 Å². The molecular formula is C88H162N4O28. The molecule has 0 aromatic heterocycles. The number of ether oxygens (including phenoxy) is 12. The number of carbonyl (C=O) groups excluding carboxylic acids is 4. The zero-order valence-corrected chi connectivity index (χ0v) is 74.1. The number of unbranched alkanes of at least 4 members (excludes halogenated alkanes) is 36. The van der Waals surface area contributed by atoms with Crippen LogP contribution in [0.15, 0.2) is 0 Å². The van der Waals surface area contributed by atoms with E-state index in [1.165, 1.54) is 183 Å². The topological polar surface area (TPSA) is 416 Å². The first-order valence-corrected chi connectivity index (χ1v) is 45.6. The molecule has 0 rings (SSSR count). The lowest BCUT2D eigenvalue weighted by Gasteiger charge is -2.34. The summed E-state index contributed by atoms with van der Waals surface area (Å²) < 4.78 is 68.9. The Morgan fingerprint density at radius 2 is 0.533 bits per heavy atom. The number of hydrogen-bond acceptors (Lipinski definition) is 26. The van der Waals surface area contributed by atoms with Crippen molar-refractivity contribution in [1.29, 1.82) is 0 Å². The first-order chi connectivity index (χ1) is 58.1. The highest BCUT2D eigenvalue weighted by molar-refractivity contribution is 5.79. The lowest BCUT2D eigenvalue weighted by molar-refractivity contribution is -0.186. The predicted molar refractivity (Wildman–Crippen MR) is 455 cm³/mol. The molecule has 0 radical (unpaired) electrons. The Bertz CT molecular complexity index is 2380. The summed E-state index contributed by atoms with van der Waals surface area (Å²) in [7, 11) is 0. The normalized spacial score (nSPS) is 12.0. The van der Waals surface area contributed by atoms with Crippen LogP contribution in [-0.4, -0.2) is 326 Å². The number of ketones is 1. The van der Waals surface area contributed by atoms with Gasteiger partial charge in [-0.05, 0) is 19.3 Å². The minimum atomic E-state index is -1.44. The van der Waals surface area contributed by atoms with Crippen molar-refractivity contribution < 1.29 is 135 Å². The number of hydrogen-bond donors (Lipinski definition) is 6. The molecule has 0 aliphatic rings. The van der Waals surface area contributed by atoms with Crippen molar-refractivity contribution in [2.45, 2.75) is 302 Å². The van der Waals surface area contributed by atoms with Gasteiger partial charge < -0.3 is 87.5 Å². The number of carboxylic acid groups (broad SMARTS) is 6. The van der Waals surface area contributed by atoms with Crippen molar-refractivity contribution in [1.82, 2.24) is 19.6 Å². The molecule has 0 heterocycles. The van der Waals surface area contributed by atoms with Crippen LogP contribution in [0.2, 0.25) is 0 Å². The molecule has 6 N–H and O–H groups in total. The second-order valence-electron chi connectivity index (χ2n) is 31.4. The number of rotatable bonds is 97. The van der Waals surface area contributed by atoms with E-state index < -0.39 is 106 Å². The van der Waals surface area contributed by atoms with Gasteiger partial charge in [0, 0.05) is 52.0 Å². The van der Waals surface area contributed by atoms with Gasteiger partial charge in [0.05, 0.1) is 144 Å². The van der Waals surface area contributed by atoms with Crippen LogP contribution in [0.5, 0.6) is 0 Å². The molecule has 0 fully saturated rings. The number of esters is 3. The Kier molecular flexibility index (Phi) is 80.3. The molecule has 0 aliphatic heterocycles. The molecule has 120 heavy (non-hydrogen) atoms. The Balaban J connectivity index is 5.20. The van der Waals surface area contributed by atoms with Gasteiger partial charge in [-0.2, -0.15) is 0 Å². The van der Waals surface area contributed by atoms with Gasteiger partial charge in [-0.15, -0.1) is 0 Å². The summed E-state index contributed by atoms with van der Waals surface area (Å²) >= 11 is 0. The van der Waals surface area contributed by atoms with E-state index in [1.807, 2.05) is 0 Å². The summed E-state index contributed by atoms with van der Waals surface area (Å²) in [5.41, 5.74) is -1.42. The van der Waals surface area contributed by atoms with Gasteiger partial charge in [-0.25, -0.2) is 4.79 Å². The van der Waals surface area contributed by atoms with Crippen LogP contribution in [0.1, 0.15) is 290 Å². The lowest BCUT2D eigenvalue weighted by Crippen LogP contribution is -2.52. The molecule has 0 saturated heterocycles. The van der Waals surface area contributed by atoms with E-state index in [9.17, 15) is 78.6 Å². The third-order valence-corrected chi connectivity index (χ3v) is 20.2. The van der Waals surface area contributed by atoms with E-state index in [2.05, 4.69) is 20.8 Å². The van der Waals surface area contributed by atoms with Gasteiger partial charge in [0.2, 0.25) is 0 Å². The molecule has 0 aromatic carbocycles. The summed E-state index contributed by atoms with van der Waals surface area (Å²) in [5.74, 6) is -9.89. The summed E-state index contributed by atoms with van der Waals surface area (Å²) in [6.07, 6.45) is 47.4. The van der Waals surface area contributed by atoms with E-state index in [1.54, 1.807) is 0 Å². The monoisotopic (exact) mass is 1720 g/mol. The molecule has 0 aliphatic carbocycles. The fourth-order valence-corrected chi connectivity index (χ4v) is 13.4. The average molecular weight is 1720 g/mol. The second-order valence-corrected chi connectivity index (χ2v) is 31.4. The third kappa shape index (κ3) is 79.6. The van der Waals surface area contributed by atoms with Crippen molar-refractivity contribution in [3.63, 3.8) is 0 Å². The smallest absolute Gasteiger partial charge is 0.332 e. The van der Waals surface area contributed by atoms with Crippen molar-refractivity contribution in [3.8, 4) is 0 Å². The van der Waals surface area contributed by atoms with E-state index in [4.69, 9.17) is 56.8 Å². The molecule has 0 aromatic rings. The Morgan fingerprint density at radius 3 is 0.858 bits per heavy atom. The highest BCUT2D eigenvalue weighted by Crippen LogP contribution is 2.21. The maximum atomic E-state index is 13.5. The Labute approximate surface area is 717 Å². The maximum absolute atomic E-state index is 13.5. The van der Waals surface area contributed by atoms with Crippen molar-refractivity contribution in [2.24, 2.45) is 0 Å². The van der Waals surface area contributed by atoms with Gasteiger partial charge in [0.25, 0.3) is 0 Å². The first kappa shape index (κ1) is 114. The van der Waals surface area contributed by atoms with Crippen molar-refractivity contribution in [3.05, 3.63) is 0 Å². The molecule has 32 heteroatoms. The fourth-order valence-electron chi connectivity index (χ4n) is 13.4. The quantitative estimate of drug-likeness (QED) is 0.0187. The number of nitrogens with zero attached hydrogens (tertiary/aromatic N) is 4. The molecule has 0 amide bonds. The van der Waals surface area contributed by atoms with E-state index >= 15 is 0 Å². The predicted octanol–water partition coefficient (Wildman–Crippen LogP) is 12.6. The Hall–Kier alpha value is -5.62. The summed E-state index contributed by atoms with van der Waals surface area (Å²) in [4.78, 5) is 128. The highest BCUT2D eigenvalue weighted by atomic mass is 16.6. The zero-order valence-electron chi connectivity index (χ0n) is 74.1. The van der Waals surface area contributed by atoms with Gasteiger partial charge >= 0.3 is 53.7 Å². The average Bonchev–Trinajstić information content (AvgIpc) is 0.871. The number of carboxylic acids is 6. The van der Waals surface area contributed by atoms with Gasteiger partial charge in [0.15, 0.2) is 11.4 Å². The molecule has 702 valence electrons. The van der Waals surface area contributed by atoms with Gasteiger partial charge in [-0.3, -0.25) is 62.8 Å². The molecule has 0 bridgehead atoms. The summed E-state index contributed by atoms with van der Waals surface area (Å²) in [5, 5.41) is 56.9. The molecule has 0 saturated carbocycles. The van der Waals surface area contributed by atoms with Crippen LogP contribution in [0, 0.1) is 0 Å². The van der Waals surface area contributed by atoms with E-state index in [-0.39, 0.29) is 143 Å². The Morgan fingerprint density at radius 1 is 0.267 bits per heavy atom. The SMILES string of the molecule is CCCCCCCCCCCCCCCC(=O)COC(COCCOCCOCCOCCOCCOCCOCCOCC(=O)OCC(CN(CCN(CCN(CC(=O)O)CC(=O)O)CC(=O)O)CC(=O)O)N(CC(=O)O)CC(=O)O)(COC(=O)CCCCCCCCCCCCCCC)COC(=O)CCCCCCCCCCCCCCC. The summed E-state index contributed by atoms with van der Waals surface area (Å²) in [6.45, 7) is 2.58. The molecule has 1 atom stereocenters. The largest absolute Gasteiger partial charge is 0.480 e. The van der Waals surface area contributed by atoms with Crippen molar-refractivity contribution in [2.75, 3.05) is 204 Å². The molecule has 1 unspecified atom stereocenters. The minimum absolute atomic E-state index is 0.0439.